The average molecular weight is 269 g/mol. The number of benzene rings is 2. The number of nitrogens with one attached hydrogen (secondary N) is 1. The van der Waals surface area contributed by atoms with Gasteiger partial charge in [0.1, 0.15) is 11.5 Å². The van der Waals surface area contributed by atoms with Crippen molar-refractivity contribution < 1.29 is 9.84 Å². The zero-order valence-electron chi connectivity index (χ0n) is 11.3. The first kappa shape index (κ1) is 13.2. The minimum atomic E-state index is 0.0216. The van der Waals surface area contributed by atoms with Gasteiger partial charge in [-0.05, 0) is 42.7 Å². The molecule has 1 unspecified atom stereocenters. The van der Waals surface area contributed by atoms with Crippen molar-refractivity contribution in [1.29, 1.82) is 0 Å². The molecule has 0 aromatic heterocycles. The lowest BCUT2D eigenvalue weighted by Crippen LogP contribution is -2.26. The molecular formula is C17H19NO2. The van der Waals surface area contributed by atoms with Gasteiger partial charge in [-0.1, -0.05) is 30.3 Å². The molecule has 0 aliphatic heterocycles. The van der Waals surface area contributed by atoms with E-state index in [1.165, 1.54) is 12.8 Å². The maximum absolute atomic E-state index is 9.47. The third-order valence-electron chi connectivity index (χ3n) is 3.46. The molecule has 3 rings (SSSR count). The third kappa shape index (κ3) is 3.38. The second-order valence-corrected chi connectivity index (χ2v) is 5.16. The molecule has 3 heteroatoms. The quantitative estimate of drug-likeness (QED) is 0.845. The van der Waals surface area contributed by atoms with Gasteiger partial charge in [-0.2, -0.15) is 0 Å². The molecule has 1 saturated carbocycles. The smallest absolute Gasteiger partial charge is 0.127 e. The molecule has 1 atom stereocenters. The molecule has 0 spiro atoms. The summed E-state index contributed by atoms with van der Waals surface area (Å²) in [5, 5.41) is 12.9. The predicted molar refractivity (Wildman–Crippen MR) is 78.9 cm³/mol. The molecule has 0 radical (unpaired) electrons. The zero-order chi connectivity index (χ0) is 13.8. The first-order chi connectivity index (χ1) is 9.85. The molecule has 1 aliphatic carbocycles. The molecule has 20 heavy (non-hydrogen) atoms. The molecule has 0 amide bonds. The fourth-order valence-corrected chi connectivity index (χ4v) is 2.18. The van der Waals surface area contributed by atoms with Crippen LogP contribution in [0.4, 0.5) is 0 Å². The Bertz CT molecular complexity index is 535. The number of aliphatic hydroxyl groups is 1. The van der Waals surface area contributed by atoms with Crippen LogP contribution in [-0.4, -0.2) is 17.8 Å². The molecule has 2 aromatic rings. The number of para-hydroxylation sites is 1. The summed E-state index contributed by atoms with van der Waals surface area (Å²) in [5.74, 6) is 1.64. The highest BCUT2D eigenvalue weighted by molar-refractivity contribution is 5.34. The Morgan fingerprint density at radius 2 is 1.65 bits per heavy atom. The van der Waals surface area contributed by atoms with Crippen LogP contribution >= 0.6 is 0 Å². The monoisotopic (exact) mass is 269 g/mol. The maximum Gasteiger partial charge on any atom is 0.127 e. The summed E-state index contributed by atoms with van der Waals surface area (Å²) in [5.41, 5.74) is 1.10. The molecule has 2 aromatic carbocycles. The van der Waals surface area contributed by atoms with Crippen LogP contribution in [0.3, 0.4) is 0 Å². The Hall–Kier alpha value is -1.84. The van der Waals surface area contributed by atoms with Crippen molar-refractivity contribution in [2.24, 2.45) is 0 Å². The van der Waals surface area contributed by atoms with Gasteiger partial charge in [0.25, 0.3) is 0 Å². The van der Waals surface area contributed by atoms with E-state index in [-0.39, 0.29) is 12.6 Å². The highest BCUT2D eigenvalue weighted by Gasteiger charge is 2.24. The summed E-state index contributed by atoms with van der Waals surface area (Å²) in [6, 6.07) is 18.2. The maximum atomic E-state index is 9.47. The van der Waals surface area contributed by atoms with Gasteiger partial charge >= 0.3 is 0 Å². The van der Waals surface area contributed by atoms with Gasteiger partial charge in [-0.25, -0.2) is 0 Å². The minimum absolute atomic E-state index is 0.0216. The Morgan fingerprint density at radius 3 is 2.25 bits per heavy atom. The molecule has 104 valence electrons. The van der Waals surface area contributed by atoms with E-state index in [1.807, 2.05) is 54.6 Å². The zero-order valence-corrected chi connectivity index (χ0v) is 11.3. The Balaban J connectivity index is 1.67. The van der Waals surface area contributed by atoms with Crippen molar-refractivity contribution in [3.63, 3.8) is 0 Å². The van der Waals surface area contributed by atoms with Crippen LogP contribution in [-0.2, 0) is 0 Å². The summed E-state index contributed by atoms with van der Waals surface area (Å²) in [6.45, 7) is 0.120. The van der Waals surface area contributed by atoms with E-state index in [0.717, 1.165) is 17.1 Å². The fraction of sp³-hybridized carbons (Fsp3) is 0.294. The Kier molecular flexibility index (Phi) is 4.00. The lowest BCUT2D eigenvalue weighted by molar-refractivity contribution is 0.243. The summed E-state index contributed by atoms with van der Waals surface area (Å²) in [7, 11) is 0. The van der Waals surface area contributed by atoms with Crippen LogP contribution in [0, 0.1) is 0 Å². The number of aliphatic hydroxyl groups excluding tert-OH is 1. The van der Waals surface area contributed by atoms with Gasteiger partial charge in [0.2, 0.25) is 0 Å². The predicted octanol–water partition coefficient (Wildman–Crippen LogP) is 3.26. The van der Waals surface area contributed by atoms with Gasteiger partial charge < -0.3 is 15.2 Å². The van der Waals surface area contributed by atoms with E-state index < -0.39 is 0 Å². The van der Waals surface area contributed by atoms with Crippen LogP contribution in [0.5, 0.6) is 11.5 Å². The van der Waals surface area contributed by atoms with E-state index in [1.54, 1.807) is 0 Å². The standard InChI is InChI=1S/C17H19NO2/c19-12-17(18-14-8-9-14)13-6-10-16(11-7-13)20-15-4-2-1-3-5-15/h1-7,10-11,14,17-19H,8-9,12H2. The van der Waals surface area contributed by atoms with Crippen molar-refractivity contribution in [3.8, 4) is 11.5 Å². The van der Waals surface area contributed by atoms with E-state index in [0.29, 0.717) is 6.04 Å². The fourth-order valence-electron chi connectivity index (χ4n) is 2.18. The second kappa shape index (κ2) is 6.07. The van der Waals surface area contributed by atoms with Gasteiger partial charge in [0.15, 0.2) is 0 Å². The highest BCUT2D eigenvalue weighted by Crippen LogP contribution is 2.26. The van der Waals surface area contributed by atoms with Gasteiger partial charge in [-0.3, -0.25) is 0 Å². The normalized spacial score (nSPS) is 15.8. The molecule has 0 saturated heterocycles. The van der Waals surface area contributed by atoms with Crippen LogP contribution < -0.4 is 10.1 Å². The van der Waals surface area contributed by atoms with E-state index >= 15 is 0 Å². The summed E-state index contributed by atoms with van der Waals surface area (Å²) in [4.78, 5) is 0. The second-order valence-electron chi connectivity index (χ2n) is 5.16. The van der Waals surface area contributed by atoms with Crippen molar-refractivity contribution in [3.05, 3.63) is 60.2 Å². The third-order valence-corrected chi connectivity index (χ3v) is 3.46. The van der Waals surface area contributed by atoms with E-state index in [9.17, 15) is 5.11 Å². The first-order valence-electron chi connectivity index (χ1n) is 7.05. The van der Waals surface area contributed by atoms with Gasteiger partial charge in [0.05, 0.1) is 12.6 Å². The van der Waals surface area contributed by atoms with Crippen LogP contribution in [0.25, 0.3) is 0 Å². The summed E-state index contributed by atoms with van der Waals surface area (Å²) < 4.78 is 5.76. The largest absolute Gasteiger partial charge is 0.457 e. The lowest BCUT2D eigenvalue weighted by atomic mass is 10.1. The van der Waals surface area contributed by atoms with Crippen molar-refractivity contribution in [2.45, 2.75) is 24.9 Å². The van der Waals surface area contributed by atoms with Crippen LogP contribution in [0.2, 0.25) is 0 Å². The summed E-state index contributed by atoms with van der Waals surface area (Å²) in [6.07, 6.45) is 2.43. The Morgan fingerprint density at radius 1 is 1.00 bits per heavy atom. The Labute approximate surface area is 119 Å². The number of rotatable bonds is 6. The SMILES string of the molecule is OCC(NC1CC1)c1ccc(Oc2ccccc2)cc1. The molecule has 0 heterocycles. The highest BCUT2D eigenvalue weighted by atomic mass is 16.5. The topological polar surface area (TPSA) is 41.5 Å². The minimum Gasteiger partial charge on any atom is -0.457 e. The van der Waals surface area contributed by atoms with Crippen molar-refractivity contribution in [2.75, 3.05) is 6.61 Å². The van der Waals surface area contributed by atoms with E-state index in [2.05, 4.69) is 5.32 Å². The van der Waals surface area contributed by atoms with Gasteiger partial charge in [0, 0.05) is 6.04 Å². The molecular weight excluding hydrogens is 250 g/mol. The molecule has 1 fully saturated rings. The van der Waals surface area contributed by atoms with E-state index in [4.69, 9.17) is 4.74 Å². The van der Waals surface area contributed by atoms with Crippen LogP contribution in [0.1, 0.15) is 24.4 Å². The number of hydrogen-bond donors (Lipinski definition) is 2. The first-order valence-corrected chi connectivity index (χ1v) is 7.05. The molecule has 3 nitrogen and oxygen atoms in total. The van der Waals surface area contributed by atoms with Crippen molar-refractivity contribution >= 4 is 0 Å². The molecule has 0 bridgehead atoms. The van der Waals surface area contributed by atoms with Gasteiger partial charge in [-0.15, -0.1) is 0 Å². The van der Waals surface area contributed by atoms with Crippen LogP contribution in [0.15, 0.2) is 54.6 Å². The number of ether oxygens (including phenoxy) is 1. The van der Waals surface area contributed by atoms with Crippen molar-refractivity contribution in [1.82, 2.24) is 5.32 Å². The lowest BCUT2D eigenvalue weighted by Gasteiger charge is -2.16. The number of hydrogen-bond acceptors (Lipinski definition) is 3. The molecule has 1 aliphatic rings. The molecule has 2 N–H and O–H groups in total. The summed E-state index contributed by atoms with van der Waals surface area (Å²) >= 11 is 0. The average Bonchev–Trinajstić information content (AvgIpc) is 3.31.